The molecular formula is C23H27NO6. The van der Waals surface area contributed by atoms with Crippen LogP contribution in [0.15, 0.2) is 30.4 Å². The highest BCUT2D eigenvalue weighted by Crippen LogP contribution is 2.37. The van der Waals surface area contributed by atoms with E-state index in [4.69, 9.17) is 18.9 Å². The molecule has 0 aliphatic rings. The number of esters is 1. The number of rotatable bonds is 9. The third-order valence-electron chi connectivity index (χ3n) is 4.48. The summed E-state index contributed by atoms with van der Waals surface area (Å²) in [6.45, 7) is 5.79. The van der Waals surface area contributed by atoms with E-state index in [1.807, 2.05) is 6.92 Å². The predicted octanol–water partition coefficient (Wildman–Crippen LogP) is 4.28. The van der Waals surface area contributed by atoms with Gasteiger partial charge < -0.3 is 24.1 Å². The van der Waals surface area contributed by atoms with Crippen molar-refractivity contribution in [1.82, 2.24) is 4.98 Å². The number of carbonyl (C=O) groups is 1. The molecule has 160 valence electrons. The number of aromatic hydroxyl groups is 1. The number of nitrogens with zero attached hydrogens (tertiary/aromatic N) is 1. The van der Waals surface area contributed by atoms with E-state index in [9.17, 15) is 9.90 Å². The zero-order valence-electron chi connectivity index (χ0n) is 17.9. The van der Waals surface area contributed by atoms with Crippen molar-refractivity contribution in [3.63, 3.8) is 0 Å². The van der Waals surface area contributed by atoms with Gasteiger partial charge in [0, 0.05) is 17.7 Å². The van der Waals surface area contributed by atoms with E-state index in [0.29, 0.717) is 47.0 Å². The second kappa shape index (κ2) is 10.3. The average molecular weight is 413 g/mol. The van der Waals surface area contributed by atoms with Crippen LogP contribution in [0.25, 0.3) is 12.2 Å². The van der Waals surface area contributed by atoms with E-state index in [-0.39, 0.29) is 11.3 Å². The van der Waals surface area contributed by atoms with Crippen molar-refractivity contribution in [3.05, 3.63) is 52.7 Å². The van der Waals surface area contributed by atoms with E-state index in [0.717, 1.165) is 5.57 Å². The molecule has 0 radical (unpaired) electrons. The highest BCUT2D eigenvalue weighted by Gasteiger charge is 2.23. The van der Waals surface area contributed by atoms with Gasteiger partial charge in [-0.25, -0.2) is 9.78 Å². The molecule has 0 fully saturated rings. The van der Waals surface area contributed by atoms with E-state index < -0.39 is 5.97 Å². The Hall–Kier alpha value is -3.48. The fourth-order valence-electron chi connectivity index (χ4n) is 2.90. The molecule has 0 spiro atoms. The largest absolute Gasteiger partial charge is 0.507 e. The van der Waals surface area contributed by atoms with E-state index >= 15 is 0 Å². The molecule has 0 aliphatic carbocycles. The summed E-state index contributed by atoms with van der Waals surface area (Å²) in [5, 5.41) is 10.9. The summed E-state index contributed by atoms with van der Waals surface area (Å²) in [5.41, 5.74) is 2.52. The zero-order chi connectivity index (χ0) is 22.3. The minimum absolute atomic E-state index is 0.0566. The number of phenolic OH excluding ortho intramolecular Hbond substituents is 1. The summed E-state index contributed by atoms with van der Waals surface area (Å²) < 4.78 is 20.8. The van der Waals surface area contributed by atoms with Gasteiger partial charge in [-0.3, -0.25) is 0 Å². The van der Waals surface area contributed by atoms with Gasteiger partial charge in [0.2, 0.25) is 5.88 Å². The SMILES string of the molecule is C=C(C)CCc1c(OC)cc(C=Cc2cc(OC)cc(OC)n2)c(C(=O)OC)c1O. The van der Waals surface area contributed by atoms with E-state index in [2.05, 4.69) is 11.6 Å². The molecule has 1 aromatic carbocycles. The minimum Gasteiger partial charge on any atom is -0.507 e. The fraction of sp³-hybridized carbons (Fsp3) is 0.304. The molecule has 1 heterocycles. The lowest BCUT2D eigenvalue weighted by atomic mass is 9.96. The van der Waals surface area contributed by atoms with E-state index in [1.54, 1.807) is 37.5 Å². The smallest absolute Gasteiger partial charge is 0.342 e. The van der Waals surface area contributed by atoms with Gasteiger partial charge in [-0.2, -0.15) is 0 Å². The van der Waals surface area contributed by atoms with Crippen molar-refractivity contribution >= 4 is 18.1 Å². The van der Waals surface area contributed by atoms with Gasteiger partial charge in [-0.05, 0) is 37.5 Å². The van der Waals surface area contributed by atoms with Crippen LogP contribution in [0.3, 0.4) is 0 Å². The van der Waals surface area contributed by atoms with Crippen LogP contribution < -0.4 is 14.2 Å². The van der Waals surface area contributed by atoms with Crippen molar-refractivity contribution in [1.29, 1.82) is 0 Å². The topological polar surface area (TPSA) is 87.1 Å². The van der Waals surface area contributed by atoms with Crippen molar-refractivity contribution in [2.75, 3.05) is 28.4 Å². The van der Waals surface area contributed by atoms with Crippen LogP contribution in [0.2, 0.25) is 0 Å². The van der Waals surface area contributed by atoms with Crippen molar-refractivity contribution in [2.45, 2.75) is 19.8 Å². The van der Waals surface area contributed by atoms with Gasteiger partial charge in [-0.15, -0.1) is 6.58 Å². The number of hydrogen-bond acceptors (Lipinski definition) is 7. The quantitative estimate of drug-likeness (QED) is 0.485. The fourth-order valence-corrected chi connectivity index (χ4v) is 2.90. The van der Waals surface area contributed by atoms with Crippen LogP contribution in [-0.4, -0.2) is 44.5 Å². The summed E-state index contributed by atoms with van der Waals surface area (Å²) in [7, 11) is 5.84. The molecule has 1 N–H and O–H groups in total. The summed E-state index contributed by atoms with van der Waals surface area (Å²) in [6, 6.07) is 5.06. The number of phenols is 1. The van der Waals surface area contributed by atoms with Gasteiger partial charge in [0.15, 0.2) is 0 Å². The number of hydrogen-bond donors (Lipinski definition) is 1. The van der Waals surface area contributed by atoms with E-state index in [1.165, 1.54) is 21.3 Å². The Morgan fingerprint density at radius 1 is 1.10 bits per heavy atom. The van der Waals surface area contributed by atoms with Gasteiger partial charge in [0.05, 0.1) is 34.1 Å². The Morgan fingerprint density at radius 2 is 1.83 bits per heavy atom. The monoisotopic (exact) mass is 413 g/mol. The van der Waals surface area contributed by atoms with Crippen molar-refractivity contribution < 1.29 is 28.8 Å². The molecule has 0 unspecified atom stereocenters. The van der Waals surface area contributed by atoms with Crippen LogP contribution in [0.1, 0.15) is 40.5 Å². The first-order valence-corrected chi connectivity index (χ1v) is 9.28. The molecule has 30 heavy (non-hydrogen) atoms. The molecular weight excluding hydrogens is 386 g/mol. The molecule has 0 bridgehead atoms. The maximum atomic E-state index is 12.4. The number of carbonyl (C=O) groups excluding carboxylic acids is 1. The minimum atomic E-state index is -0.650. The van der Waals surface area contributed by atoms with Crippen molar-refractivity contribution in [2.24, 2.45) is 0 Å². The lowest BCUT2D eigenvalue weighted by molar-refractivity contribution is 0.0597. The molecule has 0 aliphatic heterocycles. The standard InChI is InChI=1S/C23H27NO6/c1-14(2)7-10-18-19(28-4)11-15(21(22(18)25)23(26)30-6)8-9-16-12-17(27-3)13-20(24-16)29-5/h8-9,11-13,25H,1,7,10H2,2-6H3. The third kappa shape index (κ3) is 5.31. The summed E-state index contributed by atoms with van der Waals surface area (Å²) in [5.74, 6) is 0.612. The normalized spacial score (nSPS) is 10.7. The van der Waals surface area contributed by atoms with Crippen LogP contribution in [0, 0.1) is 0 Å². The van der Waals surface area contributed by atoms with Crippen LogP contribution in [0.5, 0.6) is 23.1 Å². The van der Waals surface area contributed by atoms with Crippen LogP contribution in [0.4, 0.5) is 0 Å². The molecule has 0 amide bonds. The molecule has 0 atom stereocenters. The Morgan fingerprint density at radius 3 is 2.40 bits per heavy atom. The number of benzene rings is 1. The Balaban J connectivity index is 2.58. The highest BCUT2D eigenvalue weighted by molar-refractivity contribution is 5.98. The first-order valence-electron chi connectivity index (χ1n) is 9.28. The number of aromatic nitrogens is 1. The molecule has 2 rings (SSSR count). The number of pyridine rings is 1. The van der Waals surface area contributed by atoms with Gasteiger partial charge in [0.25, 0.3) is 0 Å². The van der Waals surface area contributed by atoms with Gasteiger partial charge >= 0.3 is 5.97 Å². The Labute approximate surface area is 176 Å². The number of allylic oxidation sites excluding steroid dienone is 1. The maximum absolute atomic E-state index is 12.4. The van der Waals surface area contributed by atoms with Crippen molar-refractivity contribution in [3.8, 4) is 23.1 Å². The molecule has 7 nitrogen and oxygen atoms in total. The molecule has 1 aromatic heterocycles. The maximum Gasteiger partial charge on any atom is 0.342 e. The molecule has 7 heteroatoms. The zero-order valence-corrected chi connectivity index (χ0v) is 17.9. The first-order chi connectivity index (χ1) is 14.3. The predicted molar refractivity (Wildman–Crippen MR) is 115 cm³/mol. The third-order valence-corrected chi connectivity index (χ3v) is 4.48. The Bertz CT molecular complexity index is 942. The second-order valence-corrected chi connectivity index (χ2v) is 6.63. The number of methoxy groups -OCH3 is 4. The second-order valence-electron chi connectivity index (χ2n) is 6.63. The lowest BCUT2D eigenvalue weighted by Crippen LogP contribution is -2.07. The highest BCUT2D eigenvalue weighted by atomic mass is 16.5. The average Bonchev–Trinajstić information content (AvgIpc) is 2.75. The first kappa shape index (κ1) is 22.8. The summed E-state index contributed by atoms with van der Waals surface area (Å²) in [4.78, 5) is 16.8. The Kier molecular flexibility index (Phi) is 7.86. The molecule has 2 aromatic rings. The molecule has 0 saturated heterocycles. The van der Waals surface area contributed by atoms with Gasteiger partial charge in [-0.1, -0.05) is 11.6 Å². The summed E-state index contributed by atoms with van der Waals surface area (Å²) in [6.07, 6.45) is 4.46. The lowest BCUT2D eigenvalue weighted by Gasteiger charge is -2.16. The molecule has 0 saturated carbocycles. The van der Waals surface area contributed by atoms with Gasteiger partial charge in [0.1, 0.15) is 22.8 Å². The summed E-state index contributed by atoms with van der Waals surface area (Å²) >= 11 is 0. The van der Waals surface area contributed by atoms with Crippen LogP contribution in [-0.2, 0) is 11.2 Å². The number of ether oxygens (including phenoxy) is 4. The van der Waals surface area contributed by atoms with Crippen LogP contribution >= 0.6 is 0 Å².